The van der Waals surface area contributed by atoms with Gasteiger partial charge in [-0.15, -0.1) is 0 Å². The molecule has 2 aromatic rings. The molecule has 2 aromatic carbocycles. The lowest BCUT2D eigenvalue weighted by atomic mass is 10.2. The van der Waals surface area contributed by atoms with E-state index in [9.17, 15) is 14.7 Å². The van der Waals surface area contributed by atoms with E-state index in [0.717, 1.165) is 0 Å². The third-order valence-corrected chi connectivity index (χ3v) is 3.38. The van der Waals surface area contributed by atoms with E-state index >= 15 is 0 Å². The van der Waals surface area contributed by atoms with Crippen molar-refractivity contribution in [3.05, 3.63) is 52.0 Å². The van der Waals surface area contributed by atoms with Gasteiger partial charge in [-0.25, -0.2) is 5.43 Å². The summed E-state index contributed by atoms with van der Waals surface area (Å²) in [6.07, 6.45) is 1.18. The molecule has 0 radical (unpaired) electrons. The Morgan fingerprint density at radius 1 is 1.16 bits per heavy atom. The number of para-hydroxylation sites is 1. The smallest absolute Gasteiger partial charge is 0.329 e. The second-order valence-corrected chi connectivity index (χ2v) is 5.58. The minimum Gasteiger partial charge on any atom is -0.504 e. The van der Waals surface area contributed by atoms with Crippen molar-refractivity contribution in [2.24, 2.45) is 5.10 Å². The molecule has 0 atom stereocenters. The van der Waals surface area contributed by atoms with Crippen molar-refractivity contribution in [3.63, 3.8) is 0 Å². The van der Waals surface area contributed by atoms with Crippen LogP contribution in [-0.4, -0.2) is 30.2 Å². The Morgan fingerprint density at radius 3 is 2.48 bits per heavy atom. The number of hydrogen-bond donors (Lipinski definition) is 3. The molecular formula is C16H13Cl2N3O4. The van der Waals surface area contributed by atoms with Gasteiger partial charge in [-0.3, -0.25) is 9.59 Å². The zero-order valence-electron chi connectivity index (χ0n) is 12.9. The Labute approximate surface area is 153 Å². The summed E-state index contributed by atoms with van der Waals surface area (Å²) in [5, 5.41) is 16.5. The molecule has 130 valence electrons. The normalized spacial score (nSPS) is 10.5. The predicted octanol–water partition coefficient (Wildman–Crippen LogP) is 2.80. The van der Waals surface area contributed by atoms with E-state index in [0.29, 0.717) is 15.6 Å². The number of nitrogens with zero attached hydrogens (tertiary/aromatic N) is 1. The number of rotatable bonds is 4. The molecule has 0 saturated heterocycles. The summed E-state index contributed by atoms with van der Waals surface area (Å²) < 4.78 is 4.95. The molecule has 0 fully saturated rings. The average Bonchev–Trinajstić information content (AvgIpc) is 2.55. The number of ether oxygens (including phenoxy) is 1. The molecule has 0 aliphatic carbocycles. The van der Waals surface area contributed by atoms with Crippen LogP contribution in [0.3, 0.4) is 0 Å². The zero-order chi connectivity index (χ0) is 18.4. The topological polar surface area (TPSA) is 100 Å². The average molecular weight is 382 g/mol. The molecule has 7 nitrogen and oxygen atoms in total. The lowest BCUT2D eigenvalue weighted by molar-refractivity contribution is -0.136. The third kappa shape index (κ3) is 5.10. The highest BCUT2D eigenvalue weighted by molar-refractivity contribution is 6.40. The first-order valence-electron chi connectivity index (χ1n) is 6.87. The van der Waals surface area contributed by atoms with Crippen LogP contribution in [0.1, 0.15) is 5.56 Å². The van der Waals surface area contributed by atoms with E-state index in [1.807, 2.05) is 5.43 Å². The molecule has 0 unspecified atom stereocenters. The molecule has 0 heterocycles. The fourth-order valence-electron chi connectivity index (χ4n) is 1.83. The fourth-order valence-corrected chi connectivity index (χ4v) is 2.36. The van der Waals surface area contributed by atoms with E-state index in [2.05, 4.69) is 10.4 Å². The largest absolute Gasteiger partial charge is 0.504 e. The molecule has 0 spiro atoms. The van der Waals surface area contributed by atoms with Gasteiger partial charge >= 0.3 is 11.8 Å². The first kappa shape index (κ1) is 18.6. The number of phenolic OH excluding ortho intramolecular Hbond substituents is 1. The minimum absolute atomic E-state index is 0.138. The van der Waals surface area contributed by atoms with Gasteiger partial charge in [0.2, 0.25) is 0 Å². The van der Waals surface area contributed by atoms with Gasteiger partial charge in [0.25, 0.3) is 0 Å². The van der Waals surface area contributed by atoms with Gasteiger partial charge in [-0.2, -0.15) is 5.10 Å². The van der Waals surface area contributed by atoms with Gasteiger partial charge in [-0.1, -0.05) is 29.3 Å². The van der Waals surface area contributed by atoms with Gasteiger partial charge in [0.15, 0.2) is 11.5 Å². The van der Waals surface area contributed by atoms with Gasteiger partial charge < -0.3 is 15.2 Å². The number of aromatic hydroxyl groups is 1. The van der Waals surface area contributed by atoms with E-state index in [1.165, 1.54) is 31.5 Å². The summed E-state index contributed by atoms with van der Waals surface area (Å²) in [7, 11) is 1.41. The molecule has 0 aliphatic heterocycles. The molecule has 0 aliphatic rings. The molecule has 9 heteroatoms. The van der Waals surface area contributed by atoms with Crippen molar-refractivity contribution in [1.82, 2.24) is 5.43 Å². The number of phenols is 1. The summed E-state index contributed by atoms with van der Waals surface area (Å²) in [5.41, 5.74) is 2.62. The molecule has 0 aromatic heterocycles. The number of halogens is 2. The van der Waals surface area contributed by atoms with Crippen molar-refractivity contribution in [1.29, 1.82) is 0 Å². The number of benzene rings is 2. The Morgan fingerprint density at radius 2 is 1.84 bits per heavy atom. The highest BCUT2D eigenvalue weighted by atomic mass is 35.5. The first-order valence-corrected chi connectivity index (χ1v) is 7.62. The van der Waals surface area contributed by atoms with E-state index in [4.69, 9.17) is 27.9 Å². The van der Waals surface area contributed by atoms with Crippen LogP contribution >= 0.6 is 23.2 Å². The Bertz CT molecular complexity index is 820. The molecule has 25 heavy (non-hydrogen) atoms. The molecular weight excluding hydrogens is 369 g/mol. The number of methoxy groups -OCH3 is 1. The maximum atomic E-state index is 11.8. The van der Waals surface area contributed by atoms with Crippen LogP contribution in [0, 0.1) is 0 Å². The summed E-state index contributed by atoms with van der Waals surface area (Å²) >= 11 is 11.6. The highest BCUT2D eigenvalue weighted by Gasteiger charge is 2.13. The molecule has 0 saturated carbocycles. The van der Waals surface area contributed by atoms with Crippen molar-refractivity contribution >= 4 is 46.9 Å². The Kier molecular flexibility index (Phi) is 6.21. The summed E-state index contributed by atoms with van der Waals surface area (Å²) in [6, 6.07) is 9.13. The van der Waals surface area contributed by atoms with Crippen LogP contribution in [0.15, 0.2) is 41.5 Å². The zero-order valence-corrected chi connectivity index (χ0v) is 14.4. The van der Waals surface area contributed by atoms with Gasteiger partial charge in [0, 0.05) is 21.3 Å². The fraction of sp³-hybridized carbons (Fsp3) is 0.0625. The minimum atomic E-state index is -1.00. The van der Waals surface area contributed by atoms with Crippen LogP contribution in [-0.2, 0) is 9.59 Å². The maximum Gasteiger partial charge on any atom is 0.329 e. The second-order valence-electron chi connectivity index (χ2n) is 4.71. The summed E-state index contributed by atoms with van der Waals surface area (Å²) in [6.45, 7) is 0. The van der Waals surface area contributed by atoms with Crippen LogP contribution < -0.4 is 15.5 Å². The Hall–Kier alpha value is -2.77. The lowest BCUT2D eigenvalue weighted by Gasteiger charge is -2.06. The van der Waals surface area contributed by atoms with Gasteiger partial charge in [0.1, 0.15) is 0 Å². The molecule has 2 amide bonds. The maximum absolute atomic E-state index is 11.8. The van der Waals surface area contributed by atoms with Crippen LogP contribution in [0.4, 0.5) is 5.69 Å². The number of hydrogen-bond acceptors (Lipinski definition) is 5. The summed E-state index contributed by atoms with van der Waals surface area (Å²) in [5.74, 6) is -1.84. The van der Waals surface area contributed by atoms with Crippen LogP contribution in [0.5, 0.6) is 11.5 Å². The number of nitrogens with one attached hydrogen (secondary N) is 2. The van der Waals surface area contributed by atoms with E-state index < -0.39 is 11.8 Å². The molecule has 2 rings (SSSR count). The third-order valence-electron chi connectivity index (χ3n) is 2.95. The number of carbonyl (C=O) groups is 2. The number of anilines is 1. The second kappa shape index (κ2) is 8.36. The summed E-state index contributed by atoms with van der Waals surface area (Å²) in [4.78, 5) is 23.5. The highest BCUT2D eigenvalue weighted by Crippen LogP contribution is 2.27. The van der Waals surface area contributed by atoms with Crippen molar-refractivity contribution < 1.29 is 19.4 Å². The van der Waals surface area contributed by atoms with E-state index in [1.54, 1.807) is 18.2 Å². The quantitative estimate of drug-likeness (QED) is 0.430. The van der Waals surface area contributed by atoms with Gasteiger partial charge in [-0.05, 0) is 30.3 Å². The van der Waals surface area contributed by atoms with Gasteiger partial charge in [0.05, 0.1) is 13.3 Å². The number of hydrazone groups is 1. The Balaban J connectivity index is 1.98. The SMILES string of the molecule is COc1cccc(C=NNC(=O)C(=O)Nc2cc(Cl)cc(Cl)c2)c1O. The molecule has 3 N–H and O–H groups in total. The van der Waals surface area contributed by atoms with Crippen molar-refractivity contribution in [2.45, 2.75) is 0 Å². The standard InChI is InChI=1S/C16H13Cl2N3O4/c1-25-13-4-2-3-9(14(13)22)8-19-21-16(24)15(23)20-12-6-10(17)5-11(18)7-12/h2-8,22H,1H3,(H,20,23)(H,21,24). The first-order chi connectivity index (χ1) is 11.9. The lowest BCUT2D eigenvalue weighted by Crippen LogP contribution is -2.32. The predicted molar refractivity (Wildman–Crippen MR) is 95.5 cm³/mol. The molecule has 0 bridgehead atoms. The van der Waals surface area contributed by atoms with E-state index in [-0.39, 0.29) is 17.2 Å². The number of carbonyl (C=O) groups excluding carboxylic acids is 2. The van der Waals surface area contributed by atoms with Crippen molar-refractivity contribution in [2.75, 3.05) is 12.4 Å². The van der Waals surface area contributed by atoms with Crippen LogP contribution in [0.25, 0.3) is 0 Å². The number of amides is 2. The monoisotopic (exact) mass is 381 g/mol. The van der Waals surface area contributed by atoms with Crippen molar-refractivity contribution in [3.8, 4) is 11.5 Å². The van der Waals surface area contributed by atoms with Crippen LogP contribution in [0.2, 0.25) is 10.0 Å².